The predicted molar refractivity (Wildman–Crippen MR) is 82.7 cm³/mol. The number of carbonyl (C=O) groups is 2. The summed E-state index contributed by atoms with van der Waals surface area (Å²) in [6, 6.07) is 6.21. The second kappa shape index (κ2) is 6.91. The molecule has 1 unspecified atom stereocenters. The number of hydrogen-bond donors (Lipinski definition) is 2. The van der Waals surface area contributed by atoms with E-state index in [9.17, 15) is 9.59 Å². The smallest absolute Gasteiger partial charge is 0.358 e. The molecular formula is C15H18N4O4. The highest BCUT2D eigenvalue weighted by Gasteiger charge is 2.24. The van der Waals surface area contributed by atoms with Crippen LogP contribution in [0.25, 0.3) is 0 Å². The van der Waals surface area contributed by atoms with Crippen LogP contribution in [-0.2, 0) is 11.2 Å². The Labute approximate surface area is 133 Å². The molecule has 0 radical (unpaired) electrons. The normalized spacial score (nSPS) is 11.8. The van der Waals surface area contributed by atoms with Gasteiger partial charge < -0.3 is 15.2 Å². The Morgan fingerprint density at radius 3 is 2.52 bits per heavy atom. The molecule has 122 valence electrons. The van der Waals surface area contributed by atoms with Gasteiger partial charge in [0.2, 0.25) is 5.91 Å². The average molecular weight is 318 g/mol. The molecule has 1 amide bonds. The topological polar surface area (TPSA) is 106 Å². The minimum Gasteiger partial charge on any atom is -0.497 e. The van der Waals surface area contributed by atoms with Gasteiger partial charge in [-0.05, 0) is 37.6 Å². The number of aromatic carboxylic acids is 1. The van der Waals surface area contributed by atoms with Crippen LogP contribution in [0.4, 0.5) is 5.69 Å². The summed E-state index contributed by atoms with van der Waals surface area (Å²) in [6.07, 6.45) is 0.411. The standard InChI is InChI=1S/C15H18N4O4/c1-4-12-13(15(21)22)17-18-19(12)9(2)14(20)16-10-5-7-11(23-3)8-6-10/h5-9H,4H2,1-3H3,(H,16,20)(H,21,22). The van der Waals surface area contributed by atoms with Crippen LogP contribution in [0.2, 0.25) is 0 Å². The molecule has 0 aliphatic carbocycles. The molecule has 0 aliphatic heterocycles. The van der Waals surface area contributed by atoms with Crippen LogP contribution >= 0.6 is 0 Å². The number of amides is 1. The Hall–Kier alpha value is -2.90. The van der Waals surface area contributed by atoms with E-state index < -0.39 is 12.0 Å². The molecule has 1 atom stereocenters. The number of carboxylic acids is 1. The van der Waals surface area contributed by atoms with E-state index in [-0.39, 0.29) is 11.6 Å². The fraction of sp³-hybridized carbons (Fsp3) is 0.333. The molecule has 8 nitrogen and oxygen atoms in total. The van der Waals surface area contributed by atoms with Crippen molar-refractivity contribution < 1.29 is 19.4 Å². The van der Waals surface area contributed by atoms with E-state index in [0.717, 1.165) is 0 Å². The van der Waals surface area contributed by atoms with E-state index >= 15 is 0 Å². The molecule has 0 saturated carbocycles. The quantitative estimate of drug-likeness (QED) is 0.840. The monoisotopic (exact) mass is 318 g/mol. The van der Waals surface area contributed by atoms with Gasteiger partial charge in [-0.15, -0.1) is 5.10 Å². The Morgan fingerprint density at radius 1 is 1.35 bits per heavy atom. The van der Waals surface area contributed by atoms with Crippen molar-refractivity contribution in [2.24, 2.45) is 0 Å². The van der Waals surface area contributed by atoms with Gasteiger partial charge in [0.25, 0.3) is 0 Å². The Kier molecular flexibility index (Phi) is 4.95. The van der Waals surface area contributed by atoms with Crippen molar-refractivity contribution >= 4 is 17.6 Å². The predicted octanol–water partition coefficient (Wildman–Crippen LogP) is 1.75. The van der Waals surface area contributed by atoms with Gasteiger partial charge in [0.05, 0.1) is 12.8 Å². The summed E-state index contributed by atoms with van der Waals surface area (Å²) in [5, 5.41) is 19.3. The first-order chi connectivity index (χ1) is 11.0. The van der Waals surface area contributed by atoms with Gasteiger partial charge in [-0.3, -0.25) is 4.79 Å². The number of carbonyl (C=O) groups excluding carboxylic acids is 1. The van der Waals surface area contributed by atoms with Crippen LogP contribution in [0.3, 0.4) is 0 Å². The molecule has 1 aromatic heterocycles. The summed E-state index contributed by atoms with van der Waals surface area (Å²) >= 11 is 0. The maximum atomic E-state index is 12.3. The lowest BCUT2D eigenvalue weighted by molar-refractivity contribution is -0.119. The molecule has 2 aromatic rings. The Morgan fingerprint density at radius 2 is 2.00 bits per heavy atom. The number of methoxy groups -OCH3 is 1. The maximum absolute atomic E-state index is 12.3. The number of benzene rings is 1. The number of hydrogen-bond acceptors (Lipinski definition) is 5. The van der Waals surface area contributed by atoms with Gasteiger partial charge >= 0.3 is 5.97 Å². The number of rotatable bonds is 6. The first kappa shape index (κ1) is 16.5. The third-order valence-electron chi connectivity index (χ3n) is 3.43. The molecule has 2 rings (SSSR count). The fourth-order valence-electron chi connectivity index (χ4n) is 2.15. The molecule has 2 N–H and O–H groups in total. The number of carboxylic acid groups (broad SMARTS) is 1. The SMILES string of the molecule is CCc1c(C(=O)O)nnn1C(C)C(=O)Nc1ccc(OC)cc1. The summed E-state index contributed by atoms with van der Waals surface area (Å²) in [5.41, 5.74) is 0.894. The summed E-state index contributed by atoms with van der Waals surface area (Å²) < 4.78 is 6.39. The van der Waals surface area contributed by atoms with E-state index in [2.05, 4.69) is 15.6 Å². The lowest BCUT2D eigenvalue weighted by Crippen LogP contribution is -2.26. The minimum atomic E-state index is -1.16. The fourth-order valence-corrected chi connectivity index (χ4v) is 2.15. The highest BCUT2D eigenvalue weighted by Crippen LogP contribution is 2.18. The van der Waals surface area contributed by atoms with Gasteiger partial charge in [-0.2, -0.15) is 0 Å². The van der Waals surface area contributed by atoms with Crippen molar-refractivity contribution in [2.45, 2.75) is 26.3 Å². The van der Waals surface area contributed by atoms with Crippen LogP contribution in [0.5, 0.6) is 5.75 Å². The molecule has 8 heteroatoms. The first-order valence-electron chi connectivity index (χ1n) is 7.10. The molecule has 0 fully saturated rings. The van der Waals surface area contributed by atoms with Crippen molar-refractivity contribution in [1.29, 1.82) is 0 Å². The van der Waals surface area contributed by atoms with E-state index in [1.807, 2.05) is 0 Å². The second-order valence-electron chi connectivity index (χ2n) is 4.88. The zero-order valence-corrected chi connectivity index (χ0v) is 13.1. The number of aromatic nitrogens is 3. The average Bonchev–Trinajstić information content (AvgIpc) is 2.98. The van der Waals surface area contributed by atoms with Crippen LogP contribution in [0.15, 0.2) is 24.3 Å². The van der Waals surface area contributed by atoms with Crippen molar-refractivity contribution in [3.05, 3.63) is 35.7 Å². The zero-order chi connectivity index (χ0) is 17.0. The van der Waals surface area contributed by atoms with Gasteiger partial charge in [0, 0.05) is 5.69 Å². The van der Waals surface area contributed by atoms with Crippen molar-refractivity contribution in [3.8, 4) is 5.75 Å². The lowest BCUT2D eigenvalue weighted by atomic mass is 10.2. The number of ether oxygens (including phenoxy) is 1. The molecular weight excluding hydrogens is 300 g/mol. The molecule has 0 saturated heterocycles. The minimum absolute atomic E-state index is 0.128. The van der Waals surface area contributed by atoms with Crippen molar-refractivity contribution in [2.75, 3.05) is 12.4 Å². The highest BCUT2D eigenvalue weighted by molar-refractivity contribution is 5.93. The molecule has 1 aromatic carbocycles. The zero-order valence-electron chi connectivity index (χ0n) is 13.1. The Bertz CT molecular complexity index is 709. The second-order valence-corrected chi connectivity index (χ2v) is 4.88. The number of anilines is 1. The Balaban J connectivity index is 2.17. The largest absolute Gasteiger partial charge is 0.497 e. The number of nitrogens with zero attached hydrogens (tertiary/aromatic N) is 3. The highest BCUT2D eigenvalue weighted by atomic mass is 16.5. The van der Waals surface area contributed by atoms with Gasteiger partial charge in [0.1, 0.15) is 11.8 Å². The van der Waals surface area contributed by atoms with Crippen LogP contribution in [0.1, 0.15) is 36.1 Å². The summed E-state index contributed by atoms with van der Waals surface area (Å²) in [4.78, 5) is 23.4. The molecule has 1 heterocycles. The van der Waals surface area contributed by atoms with Crippen molar-refractivity contribution in [1.82, 2.24) is 15.0 Å². The molecule has 0 bridgehead atoms. The van der Waals surface area contributed by atoms with Crippen LogP contribution < -0.4 is 10.1 Å². The molecule has 0 aliphatic rings. The third-order valence-corrected chi connectivity index (χ3v) is 3.43. The van der Waals surface area contributed by atoms with Gasteiger partial charge in [0.15, 0.2) is 5.69 Å². The summed E-state index contributed by atoms with van der Waals surface area (Å²) in [5.74, 6) is -0.783. The van der Waals surface area contributed by atoms with E-state index in [0.29, 0.717) is 23.6 Å². The van der Waals surface area contributed by atoms with Gasteiger partial charge in [-0.25, -0.2) is 9.48 Å². The summed E-state index contributed by atoms with van der Waals surface area (Å²) in [6.45, 7) is 3.42. The van der Waals surface area contributed by atoms with E-state index in [1.54, 1.807) is 45.2 Å². The third kappa shape index (κ3) is 3.47. The van der Waals surface area contributed by atoms with Crippen LogP contribution in [-0.4, -0.2) is 39.1 Å². The lowest BCUT2D eigenvalue weighted by Gasteiger charge is -2.14. The van der Waals surface area contributed by atoms with E-state index in [1.165, 1.54) is 4.68 Å². The maximum Gasteiger partial charge on any atom is 0.358 e. The van der Waals surface area contributed by atoms with E-state index in [4.69, 9.17) is 9.84 Å². The van der Waals surface area contributed by atoms with Gasteiger partial charge in [-0.1, -0.05) is 12.1 Å². The molecule has 23 heavy (non-hydrogen) atoms. The van der Waals surface area contributed by atoms with Crippen LogP contribution in [0, 0.1) is 0 Å². The van der Waals surface area contributed by atoms with Crippen molar-refractivity contribution in [3.63, 3.8) is 0 Å². The summed E-state index contributed by atoms with van der Waals surface area (Å²) in [7, 11) is 1.56. The molecule has 0 spiro atoms. The number of nitrogens with one attached hydrogen (secondary N) is 1. The first-order valence-corrected chi connectivity index (χ1v) is 7.10.